The minimum Gasteiger partial charge on any atom is -0.465 e. The van der Waals surface area contributed by atoms with Crippen molar-refractivity contribution >= 4 is 5.97 Å². The highest BCUT2D eigenvalue weighted by Gasteiger charge is 2.29. The van der Waals surface area contributed by atoms with Gasteiger partial charge < -0.3 is 14.4 Å². The summed E-state index contributed by atoms with van der Waals surface area (Å²) in [6.07, 6.45) is 6.13. The van der Waals surface area contributed by atoms with Crippen LogP contribution in [0.15, 0.2) is 0 Å². The van der Waals surface area contributed by atoms with Gasteiger partial charge in [-0.05, 0) is 77.2 Å². The number of hydrogen-bond donors (Lipinski definition) is 0. The summed E-state index contributed by atoms with van der Waals surface area (Å²) in [5.74, 6) is 1.72. The monoisotopic (exact) mass is 367 g/mol. The third-order valence-corrected chi connectivity index (χ3v) is 6.40. The molecule has 3 saturated heterocycles. The van der Waals surface area contributed by atoms with Gasteiger partial charge in [-0.15, -0.1) is 0 Å². The van der Waals surface area contributed by atoms with E-state index in [1.54, 1.807) is 0 Å². The Bertz CT molecular complexity index is 413. The molecule has 0 bridgehead atoms. The van der Waals surface area contributed by atoms with Crippen LogP contribution < -0.4 is 0 Å². The van der Waals surface area contributed by atoms with Gasteiger partial charge in [0.2, 0.25) is 0 Å². The summed E-state index contributed by atoms with van der Waals surface area (Å²) < 4.78 is 10.8. The van der Waals surface area contributed by atoms with E-state index in [-0.39, 0.29) is 5.97 Å². The molecule has 3 heterocycles. The van der Waals surface area contributed by atoms with Crippen LogP contribution in [-0.4, -0.2) is 99.9 Å². The lowest BCUT2D eigenvalue weighted by atomic mass is 9.79. The molecule has 0 radical (unpaired) electrons. The molecule has 0 unspecified atom stereocenters. The van der Waals surface area contributed by atoms with Gasteiger partial charge in [0.15, 0.2) is 0 Å². The van der Waals surface area contributed by atoms with Gasteiger partial charge in [-0.3, -0.25) is 14.6 Å². The quantitative estimate of drug-likeness (QED) is 0.499. The Labute approximate surface area is 158 Å². The molecule has 0 spiro atoms. The minimum atomic E-state index is -0.0512. The Balaban J connectivity index is 1.24. The number of hydrogen-bond acceptors (Lipinski definition) is 6. The van der Waals surface area contributed by atoms with Gasteiger partial charge in [-0.2, -0.15) is 0 Å². The van der Waals surface area contributed by atoms with Crippen molar-refractivity contribution in [3.63, 3.8) is 0 Å². The van der Waals surface area contributed by atoms with E-state index < -0.39 is 0 Å². The molecule has 6 nitrogen and oxygen atoms in total. The summed E-state index contributed by atoms with van der Waals surface area (Å²) in [6, 6.07) is 0. The molecule has 3 aliphatic rings. The largest absolute Gasteiger partial charge is 0.465 e. The Morgan fingerprint density at radius 1 is 0.923 bits per heavy atom. The fraction of sp³-hybridized carbons (Fsp3) is 0.950. The maximum absolute atomic E-state index is 12.1. The van der Waals surface area contributed by atoms with Gasteiger partial charge in [0.1, 0.15) is 0 Å². The topological polar surface area (TPSA) is 45.2 Å². The van der Waals surface area contributed by atoms with Crippen LogP contribution in [0.1, 0.15) is 32.1 Å². The van der Waals surface area contributed by atoms with Crippen molar-refractivity contribution < 1.29 is 14.3 Å². The second-order valence-corrected chi connectivity index (χ2v) is 8.28. The van der Waals surface area contributed by atoms with Crippen LogP contribution in [0.2, 0.25) is 0 Å². The molecule has 3 aliphatic heterocycles. The third kappa shape index (κ3) is 6.48. The number of morpholine rings is 1. The standard InChI is InChI=1S/C20H37N3O3/c1-21-8-3-18(4-9-21)19-5-10-23(11-6-19)17-20(24)26-14-2-7-22-12-15-25-16-13-22/h18-19H,2-17H2,1H3. The number of ether oxygens (including phenoxy) is 2. The van der Waals surface area contributed by atoms with Crippen molar-refractivity contribution in [1.29, 1.82) is 0 Å². The average molecular weight is 368 g/mol. The highest BCUT2D eigenvalue weighted by Crippen LogP contribution is 2.32. The number of carbonyl (C=O) groups excluding carboxylic acids is 1. The number of rotatable bonds is 7. The Hall–Kier alpha value is -0.690. The van der Waals surface area contributed by atoms with Crippen molar-refractivity contribution in [3.05, 3.63) is 0 Å². The average Bonchev–Trinajstić information content (AvgIpc) is 2.67. The zero-order valence-corrected chi connectivity index (χ0v) is 16.5. The van der Waals surface area contributed by atoms with E-state index in [0.29, 0.717) is 13.2 Å². The Morgan fingerprint density at radius 3 is 2.19 bits per heavy atom. The highest BCUT2D eigenvalue weighted by atomic mass is 16.5. The molecule has 0 N–H and O–H groups in total. The summed E-state index contributed by atoms with van der Waals surface area (Å²) in [5.41, 5.74) is 0. The van der Waals surface area contributed by atoms with E-state index in [0.717, 1.165) is 64.2 Å². The number of carbonyl (C=O) groups is 1. The van der Waals surface area contributed by atoms with Crippen LogP contribution in [0.4, 0.5) is 0 Å². The van der Waals surface area contributed by atoms with Crippen LogP contribution in [0.5, 0.6) is 0 Å². The van der Waals surface area contributed by atoms with Crippen LogP contribution in [0, 0.1) is 11.8 Å². The van der Waals surface area contributed by atoms with E-state index in [4.69, 9.17) is 9.47 Å². The minimum absolute atomic E-state index is 0.0512. The number of likely N-dealkylation sites (tertiary alicyclic amines) is 2. The molecule has 3 fully saturated rings. The molecular weight excluding hydrogens is 330 g/mol. The van der Waals surface area contributed by atoms with Gasteiger partial charge in [0.05, 0.1) is 26.4 Å². The first-order valence-corrected chi connectivity index (χ1v) is 10.6. The third-order valence-electron chi connectivity index (χ3n) is 6.40. The first-order chi connectivity index (χ1) is 12.7. The van der Waals surface area contributed by atoms with Gasteiger partial charge >= 0.3 is 5.97 Å². The van der Waals surface area contributed by atoms with Crippen molar-refractivity contribution in [2.24, 2.45) is 11.8 Å². The molecule has 0 amide bonds. The first kappa shape index (κ1) is 20.1. The predicted octanol–water partition coefficient (Wildman–Crippen LogP) is 1.31. The molecule has 26 heavy (non-hydrogen) atoms. The molecule has 0 aliphatic carbocycles. The lowest BCUT2D eigenvalue weighted by Crippen LogP contribution is -2.42. The molecule has 0 aromatic carbocycles. The second-order valence-electron chi connectivity index (χ2n) is 8.28. The maximum Gasteiger partial charge on any atom is 0.320 e. The van der Waals surface area contributed by atoms with Gasteiger partial charge in [-0.1, -0.05) is 0 Å². The first-order valence-electron chi connectivity index (χ1n) is 10.6. The molecule has 0 atom stereocenters. The van der Waals surface area contributed by atoms with Crippen molar-refractivity contribution in [3.8, 4) is 0 Å². The van der Waals surface area contributed by atoms with Gasteiger partial charge in [-0.25, -0.2) is 0 Å². The van der Waals surface area contributed by atoms with E-state index in [2.05, 4.69) is 21.7 Å². The van der Waals surface area contributed by atoms with Crippen LogP contribution in [0.3, 0.4) is 0 Å². The van der Waals surface area contributed by atoms with Crippen molar-refractivity contribution in [2.75, 3.05) is 79.2 Å². The Morgan fingerprint density at radius 2 is 1.54 bits per heavy atom. The smallest absolute Gasteiger partial charge is 0.320 e. The summed E-state index contributed by atoms with van der Waals surface area (Å²) in [5, 5.41) is 0. The van der Waals surface area contributed by atoms with Crippen LogP contribution in [0.25, 0.3) is 0 Å². The number of esters is 1. The molecule has 0 aromatic heterocycles. The van der Waals surface area contributed by atoms with E-state index in [1.165, 1.54) is 38.8 Å². The van der Waals surface area contributed by atoms with E-state index in [9.17, 15) is 4.79 Å². The summed E-state index contributed by atoms with van der Waals surface area (Å²) >= 11 is 0. The van der Waals surface area contributed by atoms with Gasteiger partial charge in [0, 0.05) is 19.6 Å². The lowest BCUT2D eigenvalue weighted by Gasteiger charge is -2.39. The van der Waals surface area contributed by atoms with Crippen LogP contribution >= 0.6 is 0 Å². The van der Waals surface area contributed by atoms with E-state index >= 15 is 0 Å². The number of nitrogens with zero attached hydrogens (tertiary/aromatic N) is 3. The van der Waals surface area contributed by atoms with Crippen LogP contribution in [-0.2, 0) is 14.3 Å². The zero-order valence-electron chi connectivity index (χ0n) is 16.5. The summed E-state index contributed by atoms with van der Waals surface area (Å²) in [4.78, 5) is 19.2. The summed E-state index contributed by atoms with van der Waals surface area (Å²) in [7, 11) is 2.23. The highest BCUT2D eigenvalue weighted by molar-refractivity contribution is 5.71. The molecule has 0 saturated carbocycles. The fourth-order valence-electron chi connectivity index (χ4n) is 4.61. The number of piperidine rings is 2. The maximum atomic E-state index is 12.1. The molecule has 6 heteroatoms. The molecule has 3 rings (SSSR count). The second kappa shape index (κ2) is 10.6. The van der Waals surface area contributed by atoms with E-state index in [1.807, 2.05) is 0 Å². The normalized spacial score (nSPS) is 25.4. The lowest BCUT2D eigenvalue weighted by molar-refractivity contribution is -0.145. The predicted molar refractivity (Wildman–Crippen MR) is 102 cm³/mol. The summed E-state index contributed by atoms with van der Waals surface area (Å²) in [6.45, 7) is 10.3. The van der Waals surface area contributed by atoms with Crippen molar-refractivity contribution in [2.45, 2.75) is 32.1 Å². The molecule has 0 aromatic rings. The fourth-order valence-corrected chi connectivity index (χ4v) is 4.61. The SMILES string of the molecule is CN1CCC(C2CCN(CC(=O)OCCCN3CCOCC3)CC2)CC1. The molecule has 150 valence electrons. The Kier molecular flexibility index (Phi) is 8.17. The van der Waals surface area contributed by atoms with Gasteiger partial charge in [0.25, 0.3) is 0 Å². The molecular formula is C20H37N3O3. The van der Waals surface area contributed by atoms with Crippen molar-refractivity contribution in [1.82, 2.24) is 14.7 Å². The zero-order chi connectivity index (χ0) is 18.2.